The lowest BCUT2D eigenvalue weighted by molar-refractivity contribution is -0.140. The molecule has 0 saturated carbocycles. The van der Waals surface area contributed by atoms with Crippen LogP contribution in [0.3, 0.4) is 0 Å². The fourth-order valence-corrected chi connectivity index (χ4v) is 3.89. The molecule has 0 aromatic heterocycles. The van der Waals surface area contributed by atoms with Gasteiger partial charge in [0, 0.05) is 6.42 Å². The van der Waals surface area contributed by atoms with Crippen molar-refractivity contribution in [2.45, 2.75) is 137 Å². The molecular weight excluding hydrogens is 530 g/mol. The SMILES string of the molecule is CC(=O)C(CC(=O)O)NC(=O)CCCC(C)C.CCCCCCCCCCCNCC(=O)NC(CC(=O)O)C(C)=O. The molecule has 41 heavy (non-hydrogen) atoms. The first kappa shape index (κ1) is 40.3. The largest absolute Gasteiger partial charge is 0.481 e. The maximum atomic E-state index is 11.7. The molecule has 0 rings (SSSR count). The second-order valence-electron chi connectivity index (χ2n) is 10.9. The summed E-state index contributed by atoms with van der Waals surface area (Å²) in [6.45, 7) is 9.79. The van der Waals surface area contributed by atoms with Crippen LogP contribution in [0.4, 0.5) is 0 Å². The molecule has 238 valence electrons. The second-order valence-corrected chi connectivity index (χ2v) is 10.9. The molecule has 0 aromatic rings. The molecule has 0 aliphatic carbocycles. The molecule has 0 aromatic carbocycles. The summed E-state index contributed by atoms with van der Waals surface area (Å²) >= 11 is 0. The molecule has 2 unspecified atom stereocenters. The number of carboxylic acids is 2. The number of amides is 2. The van der Waals surface area contributed by atoms with Crippen molar-refractivity contribution in [2.75, 3.05) is 13.1 Å². The molecule has 0 heterocycles. The first-order valence-electron chi connectivity index (χ1n) is 15.0. The highest BCUT2D eigenvalue weighted by Crippen LogP contribution is 2.09. The Morgan fingerprint density at radius 3 is 1.49 bits per heavy atom. The van der Waals surface area contributed by atoms with Crippen LogP contribution in [0.1, 0.15) is 125 Å². The monoisotopic (exact) mass is 585 g/mol. The van der Waals surface area contributed by atoms with E-state index in [4.69, 9.17) is 10.2 Å². The second kappa shape index (κ2) is 26.1. The van der Waals surface area contributed by atoms with Crippen molar-refractivity contribution in [1.29, 1.82) is 0 Å². The topological polar surface area (TPSA) is 179 Å². The Morgan fingerprint density at radius 2 is 1.07 bits per heavy atom. The van der Waals surface area contributed by atoms with E-state index in [0.29, 0.717) is 12.3 Å². The van der Waals surface area contributed by atoms with Crippen molar-refractivity contribution >= 4 is 35.3 Å². The van der Waals surface area contributed by atoms with Gasteiger partial charge in [0.15, 0.2) is 11.6 Å². The first-order valence-corrected chi connectivity index (χ1v) is 15.0. The number of unbranched alkanes of at least 4 members (excludes halogenated alkanes) is 8. The third-order valence-electron chi connectivity index (χ3n) is 6.34. The van der Waals surface area contributed by atoms with Crippen molar-refractivity contribution < 1.29 is 39.0 Å². The molecule has 0 bridgehead atoms. The lowest BCUT2D eigenvalue weighted by atomic mass is 10.1. The first-order chi connectivity index (χ1) is 19.3. The van der Waals surface area contributed by atoms with E-state index in [1.54, 1.807) is 0 Å². The van der Waals surface area contributed by atoms with Gasteiger partial charge in [-0.05, 0) is 39.2 Å². The Bertz CT molecular complexity index is 786. The molecule has 2 amide bonds. The molecule has 0 radical (unpaired) electrons. The standard InChI is InChI=1S/C18H34N2O4.C12H21NO4/c1-3-4-5-6-7-8-9-10-11-12-19-14-17(22)20-16(15(2)21)13-18(23)24;1-8(2)5-4-6-11(15)13-10(9(3)14)7-12(16)17/h16,19H,3-14H2,1-2H3,(H,20,22)(H,23,24);8,10H,4-7H2,1-3H3,(H,13,15)(H,16,17). The van der Waals surface area contributed by atoms with Crippen LogP contribution in [-0.4, -0.2) is 70.7 Å². The highest BCUT2D eigenvalue weighted by Gasteiger charge is 2.20. The van der Waals surface area contributed by atoms with Gasteiger partial charge in [0.1, 0.15) is 0 Å². The van der Waals surface area contributed by atoms with Crippen LogP contribution >= 0.6 is 0 Å². The van der Waals surface area contributed by atoms with Crippen molar-refractivity contribution in [3.05, 3.63) is 0 Å². The van der Waals surface area contributed by atoms with Crippen molar-refractivity contribution in [2.24, 2.45) is 5.92 Å². The zero-order valence-electron chi connectivity index (χ0n) is 25.9. The van der Waals surface area contributed by atoms with E-state index in [2.05, 4.69) is 36.7 Å². The van der Waals surface area contributed by atoms with Crippen molar-refractivity contribution in [3.8, 4) is 0 Å². The number of ketones is 2. The van der Waals surface area contributed by atoms with Gasteiger partial charge in [-0.25, -0.2) is 0 Å². The number of carbonyl (C=O) groups is 6. The van der Waals surface area contributed by atoms with E-state index in [9.17, 15) is 28.8 Å². The number of hydrogen-bond donors (Lipinski definition) is 5. The Hall–Kier alpha value is -2.82. The number of hydrogen-bond acceptors (Lipinski definition) is 7. The molecule has 5 N–H and O–H groups in total. The van der Waals surface area contributed by atoms with E-state index in [0.717, 1.165) is 32.2 Å². The summed E-state index contributed by atoms with van der Waals surface area (Å²) in [4.78, 5) is 66.7. The van der Waals surface area contributed by atoms with Crippen LogP contribution in [0.15, 0.2) is 0 Å². The average Bonchev–Trinajstić information content (AvgIpc) is 2.86. The summed E-state index contributed by atoms with van der Waals surface area (Å²) in [5.41, 5.74) is 0. The third kappa shape index (κ3) is 28.5. The smallest absolute Gasteiger partial charge is 0.305 e. The van der Waals surface area contributed by atoms with Crippen LogP contribution in [0, 0.1) is 5.92 Å². The average molecular weight is 586 g/mol. The van der Waals surface area contributed by atoms with E-state index < -0.39 is 24.0 Å². The van der Waals surface area contributed by atoms with Crippen molar-refractivity contribution in [3.63, 3.8) is 0 Å². The summed E-state index contributed by atoms with van der Waals surface area (Å²) < 4.78 is 0. The van der Waals surface area contributed by atoms with E-state index in [1.165, 1.54) is 58.8 Å². The maximum Gasteiger partial charge on any atom is 0.305 e. The fraction of sp³-hybridized carbons (Fsp3) is 0.800. The molecule has 0 saturated heterocycles. The van der Waals surface area contributed by atoms with Gasteiger partial charge in [0.05, 0.1) is 31.5 Å². The van der Waals surface area contributed by atoms with Gasteiger partial charge in [-0.1, -0.05) is 78.6 Å². The van der Waals surface area contributed by atoms with Crippen LogP contribution in [0.25, 0.3) is 0 Å². The zero-order valence-corrected chi connectivity index (χ0v) is 25.9. The van der Waals surface area contributed by atoms with E-state index in [-0.39, 0.29) is 42.8 Å². The Labute approximate surface area is 246 Å². The lowest BCUT2D eigenvalue weighted by Crippen LogP contribution is -2.45. The fourth-order valence-electron chi connectivity index (χ4n) is 3.89. The quantitative estimate of drug-likeness (QED) is 0.105. The molecule has 2 atom stereocenters. The summed E-state index contributed by atoms with van der Waals surface area (Å²) in [7, 11) is 0. The van der Waals surface area contributed by atoms with Gasteiger partial charge >= 0.3 is 11.9 Å². The molecule has 0 fully saturated rings. The third-order valence-corrected chi connectivity index (χ3v) is 6.34. The Balaban J connectivity index is 0. The van der Waals surface area contributed by atoms with Gasteiger partial charge in [0.25, 0.3) is 0 Å². The molecule has 0 aliphatic rings. The lowest BCUT2D eigenvalue weighted by Gasteiger charge is -2.14. The zero-order chi connectivity index (χ0) is 31.6. The van der Waals surface area contributed by atoms with Gasteiger partial charge < -0.3 is 26.2 Å². The summed E-state index contributed by atoms with van der Waals surface area (Å²) in [5, 5.41) is 25.2. The number of rotatable bonds is 24. The molecule has 11 heteroatoms. The highest BCUT2D eigenvalue weighted by atomic mass is 16.4. The van der Waals surface area contributed by atoms with E-state index in [1.807, 2.05) is 0 Å². The minimum Gasteiger partial charge on any atom is -0.481 e. The molecule has 0 spiro atoms. The van der Waals surface area contributed by atoms with Crippen LogP contribution in [0.2, 0.25) is 0 Å². The summed E-state index contributed by atoms with van der Waals surface area (Å²) in [5.74, 6) is -2.93. The number of carbonyl (C=O) groups excluding carboxylic acids is 4. The van der Waals surface area contributed by atoms with Crippen LogP contribution in [0.5, 0.6) is 0 Å². The maximum absolute atomic E-state index is 11.7. The Kier molecular flexibility index (Phi) is 25.7. The highest BCUT2D eigenvalue weighted by molar-refractivity contribution is 5.91. The van der Waals surface area contributed by atoms with Gasteiger partial charge in [-0.15, -0.1) is 0 Å². The number of aliphatic carboxylic acids is 2. The van der Waals surface area contributed by atoms with Crippen LogP contribution in [-0.2, 0) is 28.8 Å². The predicted octanol–water partition coefficient (Wildman–Crippen LogP) is 4.02. The minimum atomic E-state index is -1.10. The summed E-state index contributed by atoms with van der Waals surface area (Å²) in [6, 6.07) is -1.84. The van der Waals surface area contributed by atoms with Gasteiger partial charge in [-0.3, -0.25) is 28.8 Å². The minimum absolute atomic E-state index is 0.112. The summed E-state index contributed by atoms with van der Waals surface area (Å²) in [6.07, 6.45) is 12.6. The number of nitrogens with one attached hydrogen (secondary N) is 3. The molecule has 0 aliphatic heterocycles. The van der Waals surface area contributed by atoms with Crippen LogP contribution < -0.4 is 16.0 Å². The molecule has 11 nitrogen and oxygen atoms in total. The molecular formula is C30H55N3O8. The number of Topliss-reactive ketones (excluding diaryl/α,β-unsaturated/α-hetero) is 2. The van der Waals surface area contributed by atoms with Crippen molar-refractivity contribution in [1.82, 2.24) is 16.0 Å². The predicted molar refractivity (Wildman–Crippen MR) is 159 cm³/mol. The Morgan fingerprint density at radius 1 is 0.634 bits per heavy atom. The van der Waals surface area contributed by atoms with E-state index >= 15 is 0 Å². The van der Waals surface area contributed by atoms with Gasteiger partial charge in [0.2, 0.25) is 11.8 Å². The normalized spacial score (nSPS) is 12.0. The van der Waals surface area contributed by atoms with Gasteiger partial charge in [-0.2, -0.15) is 0 Å². The number of carboxylic acid groups (broad SMARTS) is 2.